The summed E-state index contributed by atoms with van der Waals surface area (Å²) in [6.45, 7) is 9.00. The van der Waals surface area contributed by atoms with Crippen molar-refractivity contribution in [3.8, 4) is 0 Å². The van der Waals surface area contributed by atoms with Gasteiger partial charge < -0.3 is 24.8 Å². The molecule has 0 saturated heterocycles. The third kappa shape index (κ3) is 7.29. The van der Waals surface area contributed by atoms with Crippen LogP contribution >= 0.6 is 0 Å². The van der Waals surface area contributed by atoms with Gasteiger partial charge >= 0.3 is 26.2 Å². The second-order valence-corrected chi connectivity index (χ2v) is 6.53. The van der Waals surface area contributed by atoms with Crippen LogP contribution in [0.1, 0.15) is 74.6 Å². The summed E-state index contributed by atoms with van der Waals surface area (Å²) in [7, 11) is 0. The molecule has 2 aromatic rings. The number of hydrogen-bond acceptors (Lipinski definition) is 0. The van der Waals surface area contributed by atoms with Gasteiger partial charge in [0.15, 0.2) is 0 Å². The van der Waals surface area contributed by atoms with Crippen LogP contribution in [0.15, 0.2) is 36.4 Å². The molecule has 0 nitrogen and oxygen atoms in total. The van der Waals surface area contributed by atoms with Crippen LogP contribution in [0, 0.1) is 0 Å². The van der Waals surface area contributed by atoms with Gasteiger partial charge in [-0.05, 0) is 0 Å². The van der Waals surface area contributed by atoms with Crippen LogP contribution in [0.2, 0.25) is 0 Å². The largest absolute Gasteiger partial charge is 4.00 e. The topological polar surface area (TPSA) is 0 Å². The maximum Gasteiger partial charge on any atom is 4.00 e. The van der Waals surface area contributed by atoms with E-state index in [0.717, 1.165) is 0 Å². The smallest absolute Gasteiger partial charge is 1.00 e. The van der Waals surface area contributed by atoms with E-state index in [1.807, 2.05) is 0 Å². The minimum atomic E-state index is 0. The molecule has 1 aliphatic carbocycles. The van der Waals surface area contributed by atoms with Gasteiger partial charge in [0.05, 0.1) is 0 Å². The van der Waals surface area contributed by atoms with Gasteiger partial charge in [-0.3, -0.25) is 0 Å². The molecule has 0 aromatic heterocycles. The number of halogens is 2. The van der Waals surface area contributed by atoms with E-state index in [1.54, 1.807) is 11.1 Å². The average Bonchev–Trinajstić information content (AvgIpc) is 3.08. The van der Waals surface area contributed by atoms with Crippen molar-refractivity contribution in [3.05, 3.63) is 58.7 Å². The molecule has 3 heteroatoms. The van der Waals surface area contributed by atoms with Crippen molar-refractivity contribution in [1.82, 2.24) is 0 Å². The number of aryl methyl sites for hydroxylation is 2. The van der Waals surface area contributed by atoms with E-state index in [0.29, 0.717) is 11.8 Å². The summed E-state index contributed by atoms with van der Waals surface area (Å²) >= 11 is 0. The standard InChI is InChI=1S/C11H17.C9H11.2ClH.Zr/c1-8(2)10-6-5-7-11(10)9(3)4;1-2-5-9-7-3-6-8(9)4-1;;;/h5-9H,1-4H3;3,6-7H,1-2,4-5H2;2*1H;/q2*-1;;;+4/p-2. The zero-order valence-corrected chi connectivity index (χ0v) is 18.7. The average molecular weight is 431 g/mol. The van der Waals surface area contributed by atoms with Gasteiger partial charge in [-0.2, -0.15) is 52.6 Å². The van der Waals surface area contributed by atoms with Crippen molar-refractivity contribution in [1.29, 1.82) is 0 Å². The van der Waals surface area contributed by atoms with Gasteiger partial charge in [0, 0.05) is 0 Å². The van der Waals surface area contributed by atoms with Crippen LogP contribution in [0.25, 0.3) is 0 Å². The minimum Gasteiger partial charge on any atom is -1.00 e. The molecular weight excluding hydrogens is 402 g/mol. The Balaban J connectivity index is 0. The predicted octanol–water partition coefficient (Wildman–Crippen LogP) is -0.0579. The summed E-state index contributed by atoms with van der Waals surface area (Å²) in [4.78, 5) is 0. The Bertz CT molecular complexity index is 480. The van der Waals surface area contributed by atoms with Crippen molar-refractivity contribution in [2.75, 3.05) is 0 Å². The molecule has 3 rings (SSSR count). The van der Waals surface area contributed by atoms with Gasteiger partial charge in [0.2, 0.25) is 0 Å². The number of rotatable bonds is 2. The van der Waals surface area contributed by atoms with Crippen LogP contribution in [0.5, 0.6) is 0 Å². The van der Waals surface area contributed by atoms with E-state index < -0.39 is 0 Å². The van der Waals surface area contributed by atoms with Crippen LogP contribution in [0.4, 0.5) is 0 Å². The van der Waals surface area contributed by atoms with Crippen molar-refractivity contribution in [2.24, 2.45) is 0 Å². The molecule has 0 N–H and O–H groups in total. The molecule has 23 heavy (non-hydrogen) atoms. The Kier molecular flexibility index (Phi) is 13.8. The Morgan fingerprint density at radius 1 is 0.870 bits per heavy atom. The first-order valence-corrected chi connectivity index (χ1v) is 8.08. The Hall–Kier alpha value is 0.163. The molecule has 0 aliphatic heterocycles. The summed E-state index contributed by atoms with van der Waals surface area (Å²) in [6.07, 6.45) is 5.44. The quantitative estimate of drug-likeness (QED) is 0.586. The summed E-state index contributed by atoms with van der Waals surface area (Å²) in [6, 6.07) is 13.3. The molecule has 0 amide bonds. The Morgan fingerprint density at radius 2 is 1.39 bits per heavy atom. The van der Waals surface area contributed by atoms with Crippen LogP contribution in [-0.2, 0) is 39.0 Å². The molecular formula is C20H28Cl2Zr. The third-order valence-electron chi connectivity index (χ3n) is 4.28. The molecule has 0 radical (unpaired) electrons. The zero-order chi connectivity index (χ0) is 14.5. The second-order valence-electron chi connectivity index (χ2n) is 6.53. The SMILES string of the molecule is CC(C)c1c[cH-]cc1C(C)C.[Cl-].[Cl-].[Zr+4].c1cc2c([cH-]1)CCCC2. The fourth-order valence-corrected chi connectivity index (χ4v) is 3.11. The Morgan fingerprint density at radius 3 is 1.87 bits per heavy atom. The van der Waals surface area contributed by atoms with Crippen molar-refractivity contribution in [2.45, 2.75) is 65.2 Å². The van der Waals surface area contributed by atoms with Crippen LogP contribution in [0.3, 0.4) is 0 Å². The minimum absolute atomic E-state index is 0. The molecule has 1 aliphatic rings. The molecule has 0 saturated carbocycles. The van der Waals surface area contributed by atoms with Crippen molar-refractivity contribution < 1.29 is 51.0 Å². The molecule has 0 atom stereocenters. The van der Waals surface area contributed by atoms with E-state index in [2.05, 4.69) is 64.1 Å². The van der Waals surface area contributed by atoms with Crippen molar-refractivity contribution >= 4 is 0 Å². The van der Waals surface area contributed by atoms with Crippen LogP contribution < -0.4 is 24.8 Å². The van der Waals surface area contributed by atoms with E-state index in [9.17, 15) is 0 Å². The maximum atomic E-state index is 2.26. The third-order valence-corrected chi connectivity index (χ3v) is 4.28. The van der Waals surface area contributed by atoms with Gasteiger partial charge in [0.1, 0.15) is 0 Å². The van der Waals surface area contributed by atoms with Crippen LogP contribution in [-0.4, -0.2) is 0 Å². The molecule has 126 valence electrons. The van der Waals surface area contributed by atoms with E-state index in [1.165, 1.54) is 36.8 Å². The normalized spacial score (nSPS) is 12.3. The first kappa shape index (κ1) is 25.4. The fraction of sp³-hybridized carbons (Fsp3) is 0.500. The zero-order valence-electron chi connectivity index (χ0n) is 14.7. The summed E-state index contributed by atoms with van der Waals surface area (Å²) < 4.78 is 0. The first-order chi connectivity index (χ1) is 9.59. The predicted molar refractivity (Wildman–Crippen MR) is 88.9 cm³/mol. The molecule has 0 bridgehead atoms. The van der Waals surface area contributed by atoms with Gasteiger partial charge in [-0.15, -0.1) is 0 Å². The summed E-state index contributed by atoms with van der Waals surface area (Å²) in [5, 5.41) is 0. The van der Waals surface area contributed by atoms with Crippen molar-refractivity contribution in [3.63, 3.8) is 0 Å². The second kappa shape index (κ2) is 12.5. The van der Waals surface area contributed by atoms with E-state index in [-0.39, 0.29) is 51.0 Å². The molecule has 0 spiro atoms. The monoisotopic (exact) mass is 428 g/mol. The number of hydrogen-bond donors (Lipinski definition) is 0. The Labute approximate surface area is 174 Å². The number of fused-ring (bicyclic) bond motifs is 1. The van der Waals surface area contributed by atoms with E-state index in [4.69, 9.17) is 0 Å². The van der Waals surface area contributed by atoms with Gasteiger partial charge in [-0.25, -0.2) is 6.07 Å². The first-order valence-electron chi connectivity index (χ1n) is 8.08. The molecule has 0 unspecified atom stereocenters. The van der Waals surface area contributed by atoms with E-state index >= 15 is 0 Å². The maximum absolute atomic E-state index is 2.26. The van der Waals surface area contributed by atoms with Gasteiger partial charge in [0.25, 0.3) is 0 Å². The van der Waals surface area contributed by atoms with Gasteiger partial charge in [-0.1, -0.05) is 65.2 Å². The molecule has 0 fully saturated rings. The fourth-order valence-electron chi connectivity index (χ4n) is 3.11. The summed E-state index contributed by atoms with van der Waals surface area (Å²) in [5.74, 6) is 1.34. The summed E-state index contributed by atoms with van der Waals surface area (Å²) in [5.41, 5.74) is 6.22. The molecule has 0 heterocycles. The molecule has 2 aromatic carbocycles.